The van der Waals surface area contributed by atoms with Crippen LogP contribution in [0.25, 0.3) is 0 Å². The number of terminal acetylenes is 1. The van der Waals surface area contributed by atoms with Crippen LogP contribution in [0.1, 0.15) is 12.8 Å². The summed E-state index contributed by atoms with van der Waals surface area (Å²) in [6, 6.07) is -0.273. The van der Waals surface area contributed by atoms with Crippen LogP contribution in [0.15, 0.2) is 0 Å². The number of hydrogen-bond donors (Lipinski definition) is 2. The van der Waals surface area contributed by atoms with Crippen molar-refractivity contribution in [3.8, 4) is 12.3 Å². The van der Waals surface area contributed by atoms with Crippen LogP contribution in [0.2, 0.25) is 0 Å². The average molecular weight is 183 g/mol. The number of aliphatic hydroxyl groups is 1. The van der Waals surface area contributed by atoms with Crippen LogP contribution in [-0.4, -0.2) is 36.4 Å². The molecule has 1 fully saturated rings. The maximum absolute atomic E-state index is 11.1. The van der Waals surface area contributed by atoms with Crippen LogP contribution in [0.4, 0.5) is 0 Å². The lowest BCUT2D eigenvalue weighted by Crippen LogP contribution is -2.42. The molecule has 0 aromatic carbocycles. The normalized spacial score (nSPS) is 26.8. The largest absolute Gasteiger partial charge is 0.388 e. The Bertz CT molecular complexity index is 221. The Morgan fingerprint density at radius 1 is 1.69 bits per heavy atom. The lowest BCUT2D eigenvalue weighted by Gasteiger charge is -2.13. The molecule has 1 aliphatic rings. The third-order valence-electron chi connectivity index (χ3n) is 1.89. The summed E-state index contributed by atoms with van der Waals surface area (Å²) in [6.45, 7) is 0.670. The number of aliphatic hydroxyl groups excluding tert-OH is 1. The summed E-state index contributed by atoms with van der Waals surface area (Å²) in [5.74, 6) is 2.25. The van der Waals surface area contributed by atoms with Crippen molar-refractivity contribution in [2.75, 3.05) is 13.2 Å². The van der Waals surface area contributed by atoms with Gasteiger partial charge in [-0.2, -0.15) is 0 Å². The van der Waals surface area contributed by atoms with Gasteiger partial charge in [-0.15, -0.1) is 12.3 Å². The second kappa shape index (κ2) is 4.85. The first-order valence-electron chi connectivity index (χ1n) is 4.22. The fraction of sp³-hybridized carbons (Fsp3) is 0.667. The van der Waals surface area contributed by atoms with Gasteiger partial charge in [0.05, 0.1) is 25.4 Å². The summed E-state index contributed by atoms with van der Waals surface area (Å²) in [4.78, 5) is 11.1. The predicted octanol–water partition coefficient (Wildman–Crippen LogP) is -0.724. The quantitative estimate of drug-likeness (QED) is 0.567. The number of amides is 1. The van der Waals surface area contributed by atoms with Gasteiger partial charge in [0.25, 0.3) is 0 Å². The first kappa shape index (κ1) is 10.0. The first-order valence-corrected chi connectivity index (χ1v) is 4.22. The van der Waals surface area contributed by atoms with Crippen molar-refractivity contribution in [1.29, 1.82) is 0 Å². The van der Waals surface area contributed by atoms with Crippen molar-refractivity contribution in [3.63, 3.8) is 0 Å². The summed E-state index contributed by atoms with van der Waals surface area (Å²) in [7, 11) is 0. The summed E-state index contributed by atoms with van der Waals surface area (Å²) < 4.78 is 4.97. The van der Waals surface area contributed by atoms with E-state index in [0.717, 1.165) is 0 Å². The van der Waals surface area contributed by atoms with Gasteiger partial charge in [-0.1, -0.05) is 0 Å². The molecule has 0 bridgehead atoms. The van der Waals surface area contributed by atoms with Gasteiger partial charge in [0.2, 0.25) is 5.91 Å². The fourth-order valence-electron chi connectivity index (χ4n) is 1.15. The fourth-order valence-corrected chi connectivity index (χ4v) is 1.15. The van der Waals surface area contributed by atoms with Crippen molar-refractivity contribution in [2.45, 2.75) is 25.0 Å². The molecule has 72 valence electrons. The number of carbonyl (C=O) groups is 1. The summed E-state index contributed by atoms with van der Waals surface area (Å²) in [5, 5.41) is 11.9. The molecular formula is C9H13NO3. The van der Waals surface area contributed by atoms with Crippen molar-refractivity contribution in [2.24, 2.45) is 0 Å². The molecular weight excluding hydrogens is 170 g/mol. The molecule has 1 saturated heterocycles. The van der Waals surface area contributed by atoms with Gasteiger partial charge in [-0.05, 0) is 0 Å². The molecule has 0 aliphatic carbocycles. The minimum Gasteiger partial charge on any atom is -0.388 e. The molecule has 4 nitrogen and oxygen atoms in total. The van der Waals surface area contributed by atoms with Crippen LogP contribution in [0.5, 0.6) is 0 Å². The summed E-state index contributed by atoms with van der Waals surface area (Å²) in [5.41, 5.74) is 0. The minimum absolute atomic E-state index is 0.132. The monoisotopic (exact) mass is 183 g/mol. The third kappa shape index (κ3) is 3.05. The highest BCUT2D eigenvalue weighted by Gasteiger charge is 2.26. The molecule has 1 amide bonds. The molecule has 1 heterocycles. The molecule has 0 aromatic rings. The number of rotatable bonds is 3. The topological polar surface area (TPSA) is 58.6 Å². The smallest absolute Gasteiger partial charge is 0.221 e. The van der Waals surface area contributed by atoms with Crippen LogP contribution in [0.3, 0.4) is 0 Å². The van der Waals surface area contributed by atoms with Crippen LogP contribution in [0, 0.1) is 12.3 Å². The molecule has 1 rings (SSSR count). The van der Waals surface area contributed by atoms with E-state index in [9.17, 15) is 9.90 Å². The molecule has 2 atom stereocenters. The Labute approximate surface area is 77.3 Å². The summed E-state index contributed by atoms with van der Waals surface area (Å²) >= 11 is 0. The molecule has 0 unspecified atom stereocenters. The first-order chi connectivity index (χ1) is 6.24. The third-order valence-corrected chi connectivity index (χ3v) is 1.89. The van der Waals surface area contributed by atoms with Crippen molar-refractivity contribution >= 4 is 5.91 Å². The molecule has 13 heavy (non-hydrogen) atoms. The molecule has 2 N–H and O–H groups in total. The second-order valence-electron chi connectivity index (χ2n) is 2.98. The van der Waals surface area contributed by atoms with Gasteiger partial charge in [-0.25, -0.2) is 0 Å². The van der Waals surface area contributed by atoms with Gasteiger partial charge < -0.3 is 15.2 Å². The minimum atomic E-state index is -0.588. The summed E-state index contributed by atoms with van der Waals surface area (Å²) in [6.07, 6.45) is 5.15. The van der Waals surface area contributed by atoms with Gasteiger partial charge in [0.15, 0.2) is 0 Å². The van der Waals surface area contributed by atoms with E-state index in [1.54, 1.807) is 0 Å². The zero-order chi connectivity index (χ0) is 9.68. The number of carbonyl (C=O) groups excluding carboxylic acids is 1. The van der Waals surface area contributed by atoms with E-state index < -0.39 is 6.10 Å². The van der Waals surface area contributed by atoms with Crippen molar-refractivity contribution in [1.82, 2.24) is 5.32 Å². The van der Waals surface area contributed by atoms with Gasteiger partial charge in [-0.3, -0.25) is 4.79 Å². The van der Waals surface area contributed by atoms with Crippen LogP contribution < -0.4 is 5.32 Å². The number of hydrogen-bond acceptors (Lipinski definition) is 3. The second-order valence-corrected chi connectivity index (χ2v) is 2.98. The predicted molar refractivity (Wildman–Crippen MR) is 46.8 cm³/mol. The van der Waals surface area contributed by atoms with E-state index in [4.69, 9.17) is 11.2 Å². The van der Waals surface area contributed by atoms with E-state index in [1.165, 1.54) is 0 Å². The Hall–Kier alpha value is -1.05. The molecule has 0 spiro atoms. The SMILES string of the molecule is C#CCCC(=O)N[C@@H]1COC[C@H]1O. The van der Waals surface area contributed by atoms with Crippen LogP contribution in [-0.2, 0) is 9.53 Å². The maximum atomic E-state index is 11.1. The average Bonchev–Trinajstić information content (AvgIpc) is 2.48. The van der Waals surface area contributed by atoms with E-state index in [-0.39, 0.29) is 11.9 Å². The number of ether oxygens (including phenoxy) is 1. The number of nitrogens with one attached hydrogen (secondary N) is 1. The molecule has 4 heteroatoms. The lowest BCUT2D eigenvalue weighted by atomic mass is 10.2. The molecule has 0 saturated carbocycles. The highest BCUT2D eigenvalue weighted by Crippen LogP contribution is 2.05. The zero-order valence-electron chi connectivity index (χ0n) is 7.32. The molecule has 0 radical (unpaired) electrons. The van der Waals surface area contributed by atoms with Gasteiger partial charge in [0.1, 0.15) is 0 Å². The van der Waals surface area contributed by atoms with E-state index in [0.29, 0.717) is 26.1 Å². The van der Waals surface area contributed by atoms with Crippen molar-refractivity contribution < 1.29 is 14.6 Å². The Balaban J connectivity index is 2.24. The van der Waals surface area contributed by atoms with Gasteiger partial charge in [0, 0.05) is 12.8 Å². The Morgan fingerprint density at radius 2 is 2.46 bits per heavy atom. The van der Waals surface area contributed by atoms with E-state index in [2.05, 4.69) is 11.2 Å². The molecule has 1 aliphatic heterocycles. The lowest BCUT2D eigenvalue weighted by molar-refractivity contribution is -0.122. The Kier molecular flexibility index (Phi) is 3.74. The van der Waals surface area contributed by atoms with Crippen LogP contribution >= 0.6 is 0 Å². The van der Waals surface area contributed by atoms with Gasteiger partial charge >= 0.3 is 0 Å². The highest BCUT2D eigenvalue weighted by atomic mass is 16.5. The zero-order valence-corrected chi connectivity index (χ0v) is 7.32. The highest BCUT2D eigenvalue weighted by molar-refractivity contribution is 5.76. The Morgan fingerprint density at radius 3 is 3.00 bits per heavy atom. The van der Waals surface area contributed by atoms with E-state index >= 15 is 0 Å². The maximum Gasteiger partial charge on any atom is 0.221 e. The van der Waals surface area contributed by atoms with Crippen molar-refractivity contribution in [3.05, 3.63) is 0 Å². The van der Waals surface area contributed by atoms with E-state index in [1.807, 2.05) is 0 Å². The standard InChI is InChI=1S/C9H13NO3/c1-2-3-4-9(12)10-7-5-13-6-8(7)11/h1,7-8,11H,3-6H2,(H,10,12)/t7-,8-/m1/s1. The molecule has 0 aromatic heterocycles.